The highest BCUT2D eigenvalue weighted by Crippen LogP contribution is 2.43. The third kappa shape index (κ3) is 4.61. The van der Waals surface area contributed by atoms with Crippen molar-refractivity contribution < 1.29 is 28.2 Å². The number of esters is 1. The van der Waals surface area contributed by atoms with Gasteiger partial charge in [0.25, 0.3) is 0 Å². The molecule has 3 aromatic rings. The third-order valence-corrected chi connectivity index (χ3v) is 6.31. The number of benzene rings is 3. The van der Waals surface area contributed by atoms with E-state index < -0.39 is 23.9 Å². The van der Waals surface area contributed by atoms with Crippen molar-refractivity contribution in [2.45, 2.75) is 12.5 Å². The summed E-state index contributed by atoms with van der Waals surface area (Å²) in [5.74, 6) is -0.148. The normalized spacial score (nSPS) is 14.7. The molecule has 1 heterocycles. The van der Waals surface area contributed by atoms with Crippen LogP contribution in [0.5, 0.6) is 11.5 Å². The Morgan fingerprint density at radius 2 is 1.74 bits per heavy atom. The Morgan fingerprint density at radius 1 is 1.03 bits per heavy atom. The number of carbonyl (C=O) groups is 2. The summed E-state index contributed by atoms with van der Waals surface area (Å²) in [4.78, 5) is 27.2. The van der Waals surface area contributed by atoms with Crippen molar-refractivity contribution in [1.29, 1.82) is 0 Å². The van der Waals surface area contributed by atoms with Gasteiger partial charge in [-0.05, 0) is 53.9 Å². The van der Waals surface area contributed by atoms with Crippen LogP contribution >= 0.6 is 11.6 Å². The maximum atomic E-state index is 15.2. The SMILES string of the molecule is COC(=O)c1ccccc1NC(=O)N1CCc2cc(OC)c(OC)cc2[C@H]1c1c(F)cccc1Cl. The smallest absolute Gasteiger partial charge is 0.339 e. The molecule has 0 bridgehead atoms. The second-order valence-electron chi connectivity index (χ2n) is 7.85. The third-order valence-electron chi connectivity index (χ3n) is 5.98. The fourth-order valence-corrected chi connectivity index (χ4v) is 4.58. The van der Waals surface area contributed by atoms with Crippen molar-refractivity contribution in [3.8, 4) is 11.5 Å². The van der Waals surface area contributed by atoms with Crippen LogP contribution in [0.3, 0.4) is 0 Å². The summed E-state index contributed by atoms with van der Waals surface area (Å²) in [5, 5.41) is 2.97. The van der Waals surface area contributed by atoms with Crippen LogP contribution in [0.1, 0.15) is 33.1 Å². The van der Waals surface area contributed by atoms with Gasteiger partial charge < -0.3 is 24.4 Å². The largest absolute Gasteiger partial charge is 0.493 e. The molecule has 0 saturated carbocycles. The van der Waals surface area contributed by atoms with Gasteiger partial charge in [0.2, 0.25) is 0 Å². The standard InChI is InChI=1S/C26H24ClFN2O5/c1-33-21-13-15-11-12-30(26(32)29-20-10-5-4-7-16(20)25(31)35-3)24(17(15)14-22(21)34-2)23-18(27)8-6-9-19(23)28/h4-10,13-14,24H,11-12H2,1-3H3,(H,29,32)/t24-/m0/s1. The molecule has 0 spiro atoms. The number of carbonyl (C=O) groups excluding carboxylic acids is 2. The first-order chi connectivity index (χ1) is 16.9. The molecule has 9 heteroatoms. The molecule has 7 nitrogen and oxygen atoms in total. The zero-order valence-electron chi connectivity index (χ0n) is 19.4. The Bertz CT molecular complexity index is 1260. The lowest BCUT2D eigenvalue weighted by Crippen LogP contribution is -2.43. The molecule has 1 aliphatic heterocycles. The quantitative estimate of drug-likeness (QED) is 0.472. The van der Waals surface area contributed by atoms with E-state index in [9.17, 15) is 9.59 Å². The van der Waals surface area contributed by atoms with E-state index in [-0.39, 0.29) is 28.4 Å². The Labute approximate surface area is 207 Å². The molecule has 0 radical (unpaired) electrons. The first-order valence-corrected chi connectivity index (χ1v) is 11.2. The van der Waals surface area contributed by atoms with Crippen LogP contribution in [0, 0.1) is 5.82 Å². The number of halogens is 2. The van der Waals surface area contributed by atoms with Gasteiger partial charge in [-0.15, -0.1) is 0 Å². The van der Waals surface area contributed by atoms with E-state index >= 15 is 4.39 Å². The lowest BCUT2D eigenvalue weighted by atomic mass is 9.87. The van der Waals surface area contributed by atoms with Crippen LogP contribution in [-0.2, 0) is 11.2 Å². The Hall–Kier alpha value is -3.78. The van der Waals surface area contributed by atoms with Crippen LogP contribution in [0.15, 0.2) is 54.6 Å². The van der Waals surface area contributed by atoms with E-state index in [1.807, 2.05) is 6.07 Å². The number of urea groups is 1. The van der Waals surface area contributed by atoms with Gasteiger partial charge in [-0.2, -0.15) is 0 Å². The molecule has 0 unspecified atom stereocenters. The van der Waals surface area contributed by atoms with Crippen LogP contribution in [0.25, 0.3) is 0 Å². The molecule has 2 amide bonds. The molecular formula is C26H24ClFN2O5. The van der Waals surface area contributed by atoms with Gasteiger partial charge in [0, 0.05) is 17.1 Å². The van der Waals surface area contributed by atoms with Crippen molar-refractivity contribution in [3.05, 3.63) is 87.7 Å². The zero-order valence-corrected chi connectivity index (χ0v) is 20.2. The molecule has 0 aliphatic carbocycles. The minimum absolute atomic E-state index is 0.165. The second-order valence-corrected chi connectivity index (χ2v) is 8.26. The lowest BCUT2D eigenvalue weighted by Gasteiger charge is -2.38. The van der Waals surface area contributed by atoms with Gasteiger partial charge in [0.15, 0.2) is 11.5 Å². The first kappa shape index (κ1) is 24.3. The number of nitrogens with zero attached hydrogens (tertiary/aromatic N) is 1. The van der Waals surface area contributed by atoms with Crippen molar-refractivity contribution in [2.24, 2.45) is 0 Å². The molecule has 3 aromatic carbocycles. The maximum absolute atomic E-state index is 15.2. The van der Waals surface area contributed by atoms with Gasteiger partial charge in [-0.3, -0.25) is 0 Å². The Kier molecular flexibility index (Phi) is 7.12. The van der Waals surface area contributed by atoms with E-state index in [0.29, 0.717) is 23.5 Å². The Balaban J connectivity index is 1.82. The molecule has 1 atom stereocenters. The predicted octanol–water partition coefficient (Wildman–Crippen LogP) is 5.46. The van der Waals surface area contributed by atoms with Crippen LogP contribution in [0.4, 0.5) is 14.9 Å². The van der Waals surface area contributed by atoms with E-state index in [0.717, 1.165) is 5.56 Å². The summed E-state index contributed by atoms with van der Waals surface area (Å²) in [7, 11) is 4.31. The molecule has 1 N–H and O–H groups in total. The van der Waals surface area contributed by atoms with Crippen LogP contribution in [0.2, 0.25) is 5.02 Å². The summed E-state index contributed by atoms with van der Waals surface area (Å²) in [6.07, 6.45) is 0.490. The monoisotopic (exact) mass is 498 g/mol. The van der Waals surface area contributed by atoms with Gasteiger partial charge in [0.05, 0.1) is 38.6 Å². The van der Waals surface area contributed by atoms with E-state index in [2.05, 4.69) is 5.32 Å². The Morgan fingerprint density at radius 3 is 2.43 bits per heavy atom. The molecule has 0 saturated heterocycles. The van der Waals surface area contributed by atoms with Gasteiger partial charge in [0.1, 0.15) is 5.82 Å². The average Bonchev–Trinajstić information content (AvgIpc) is 2.87. The maximum Gasteiger partial charge on any atom is 0.339 e. The van der Waals surface area contributed by atoms with Gasteiger partial charge in [-0.1, -0.05) is 29.8 Å². The molecule has 4 rings (SSSR count). The van der Waals surface area contributed by atoms with Crippen molar-refractivity contribution in [1.82, 2.24) is 4.90 Å². The lowest BCUT2D eigenvalue weighted by molar-refractivity contribution is 0.0602. The predicted molar refractivity (Wildman–Crippen MR) is 130 cm³/mol. The van der Waals surface area contributed by atoms with E-state index in [4.69, 9.17) is 25.8 Å². The zero-order chi connectivity index (χ0) is 25.1. The summed E-state index contributed by atoms with van der Waals surface area (Å²) in [6, 6.07) is 13.1. The number of rotatable bonds is 5. The van der Waals surface area contributed by atoms with E-state index in [1.54, 1.807) is 36.4 Å². The minimum Gasteiger partial charge on any atom is -0.493 e. The molecule has 0 aromatic heterocycles. The fraction of sp³-hybridized carbons (Fsp3) is 0.231. The summed E-state index contributed by atoms with van der Waals surface area (Å²) >= 11 is 6.46. The molecule has 182 valence electrons. The number of hydrogen-bond acceptors (Lipinski definition) is 5. The summed E-state index contributed by atoms with van der Waals surface area (Å²) in [5.41, 5.74) is 2.19. The summed E-state index contributed by atoms with van der Waals surface area (Å²) < 4.78 is 30.9. The van der Waals surface area contributed by atoms with Crippen molar-refractivity contribution in [3.63, 3.8) is 0 Å². The number of hydrogen-bond donors (Lipinski definition) is 1. The number of para-hydroxylation sites is 1. The highest BCUT2D eigenvalue weighted by atomic mass is 35.5. The number of anilines is 1. The highest BCUT2D eigenvalue weighted by molar-refractivity contribution is 6.31. The van der Waals surface area contributed by atoms with Crippen molar-refractivity contribution >= 4 is 29.3 Å². The average molecular weight is 499 g/mol. The van der Waals surface area contributed by atoms with E-state index in [1.165, 1.54) is 38.4 Å². The van der Waals surface area contributed by atoms with Crippen LogP contribution < -0.4 is 14.8 Å². The summed E-state index contributed by atoms with van der Waals surface area (Å²) in [6.45, 7) is 0.268. The van der Waals surface area contributed by atoms with Crippen molar-refractivity contribution in [2.75, 3.05) is 33.2 Å². The van der Waals surface area contributed by atoms with Gasteiger partial charge >= 0.3 is 12.0 Å². The first-order valence-electron chi connectivity index (χ1n) is 10.8. The molecule has 35 heavy (non-hydrogen) atoms. The molecule has 0 fully saturated rings. The van der Waals surface area contributed by atoms with Crippen LogP contribution in [-0.4, -0.2) is 44.8 Å². The number of amides is 2. The fourth-order valence-electron chi connectivity index (χ4n) is 4.31. The second kappa shape index (κ2) is 10.2. The van der Waals surface area contributed by atoms with Gasteiger partial charge in [-0.25, -0.2) is 14.0 Å². The number of methoxy groups -OCH3 is 3. The topological polar surface area (TPSA) is 77.1 Å². The highest BCUT2D eigenvalue weighted by Gasteiger charge is 2.36. The number of ether oxygens (including phenoxy) is 3. The molecule has 1 aliphatic rings. The molecular weight excluding hydrogens is 475 g/mol. The number of nitrogens with one attached hydrogen (secondary N) is 1. The minimum atomic E-state index is -0.849. The number of fused-ring (bicyclic) bond motifs is 1.